The molecule has 0 saturated heterocycles. The van der Waals surface area contributed by atoms with E-state index in [1.54, 1.807) is 60.7 Å². The van der Waals surface area contributed by atoms with Crippen LogP contribution in [0.3, 0.4) is 0 Å². The maximum Gasteiger partial charge on any atom is 0.258 e. The quantitative estimate of drug-likeness (QED) is 0.599. The molecule has 33 heavy (non-hydrogen) atoms. The molecule has 8 heteroatoms. The number of fused-ring (bicyclic) bond motifs is 1. The van der Waals surface area contributed by atoms with E-state index in [0.717, 1.165) is 0 Å². The summed E-state index contributed by atoms with van der Waals surface area (Å²) in [5.74, 6) is 0.156. The minimum atomic E-state index is -0.322. The molecule has 0 atom stereocenters. The Labute approximate surface area is 191 Å². The average molecular weight is 445 g/mol. The summed E-state index contributed by atoms with van der Waals surface area (Å²) in [4.78, 5) is 39.2. The van der Waals surface area contributed by atoms with Crippen molar-refractivity contribution in [1.29, 1.82) is 0 Å². The molecule has 0 saturated carbocycles. The second-order valence-corrected chi connectivity index (χ2v) is 7.29. The molecule has 2 N–H and O–H groups in total. The second-order valence-electron chi connectivity index (χ2n) is 7.29. The lowest BCUT2D eigenvalue weighted by molar-refractivity contribution is -0.115. The van der Waals surface area contributed by atoms with E-state index >= 15 is 0 Å². The van der Waals surface area contributed by atoms with Crippen LogP contribution in [0, 0.1) is 0 Å². The summed E-state index contributed by atoms with van der Waals surface area (Å²) in [7, 11) is 1.51. The first-order chi connectivity index (χ1) is 16.0. The Hall–Kier alpha value is -4.33. The van der Waals surface area contributed by atoms with Crippen LogP contribution >= 0.6 is 0 Å². The first-order valence-electron chi connectivity index (χ1n) is 10.4. The van der Waals surface area contributed by atoms with Gasteiger partial charge in [-0.15, -0.1) is 0 Å². The highest BCUT2D eigenvalue weighted by Crippen LogP contribution is 2.31. The van der Waals surface area contributed by atoms with Crippen molar-refractivity contribution in [2.24, 2.45) is 0 Å². The zero-order valence-electron chi connectivity index (χ0n) is 18.3. The number of methoxy groups -OCH3 is 1. The fraction of sp³-hybridized carbons (Fsp3) is 0.160. The number of para-hydroxylation sites is 2. The summed E-state index contributed by atoms with van der Waals surface area (Å²) < 4.78 is 10.8. The molecular formula is C25H23N3O5. The standard InChI is InChI=1S/C25H23N3O5/c1-3-33-21-13-10-17(14-22(21)32-2)24(30)26-18-11-8-16(9-12-18)25(31)28-15-23(29)27-19-6-4-5-7-20(19)28/h4-14H,3,15H2,1-2H3,(H,26,30)(H,27,29). The van der Waals surface area contributed by atoms with Crippen molar-refractivity contribution in [3.05, 3.63) is 77.9 Å². The number of anilines is 3. The van der Waals surface area contributed by atoms with E-state index in [9.17, 15) is 14.4 Å². The van der Waals surface area contributed by atoms with Crippen molar-refractivity contribution in [3.63, 3.8) is 0 Å². The fourth-order valence-electron chi connectivity index (χ4n) is 3.55. The summed E-state index contributed by atoms with van der Waals surface area (Å²) in [6.07, 6.45) is 0. The van der Waals surface area contributed by atoms with Crippen LogP contribution in [0.5, 0.6) is 11.5 Å². The second kappa shape index (κ2) is 9.44. The lowest BCUT2D eigenvalue weighted by Gasteiger charge is -2.29. The summed E-state index contributed by atoms with van der Waals surface area (Å²) in [6, 6.07) is 18.6. The van der Waals surface area contributed by atoms with Gasteiger partial charge in [-0.3, -0.25) is 19.3 Å². The van der Waals surface area contributed by atoms with E-state index in [2.05, 4.69) is 10.6 Å². The van der Waals surface area contributed by atoms with Crippen LogP contribution in [0.15, 0.2) is 66.7 Å². The molecule has 0 aliphatic carbocycles. The summed E-state index contributed by atoms with van der Waals surface area (Å²) in [5, 5.41) is 5.57. The lowest BCUT2D eigenvalue weighted by atomic mass is 10.1. The SMILES string of the molecule is CCOc1ccc(C(=O)Nc2ccc(C(=O)N3CC(=O)Nc4ccccc43)cc2)cc1OC. The number of carbonyl (C=O) groups excluding carboxylic acids is 3. The van der Waals surface area contributed by atoms with E-state index in [1.807, 2.05) is 13.0 Å². The van der Waals surface area contributed by atoms with Crippen LogP contribution in [-0.2, 0) is 4.79 Å². The van der Waals surface area contributed by atoms with Crippen molar-refractivity contribution in [2.45, 2.75) is 6.92 Å². The van der Waals surface area contributed by atoms with Gasteiger partial charge in [0.15, 0.2) is 11.5 Å². The number of benzene rings is 3. The minimum Gasteiger partial charge on any atom is -0.493 e. The number of ether oxygens (including phenoxy) is 2. The van der Waals surface area contributed by atoms with Gasteiger partial charge in [0, 0.05) is 16.8 Å². The fourth-order valence-corrected chi connectivity index (χ4v) is 3.55. The maximum atomic E-state index is 13.1. The van der Waals surface area contributed by atoms with Crippen LogP contribution in [-0.4, -0.2) is 38.0 Å². The molecule has 0 spiro atoms. The number of nitrogens with zero attached hydrogens (tertiary/aromatic N) is 1. The monoisotopic (exact) mass is 445 g/mol. The largest absolute Gasteiger partial charge is 0.493 e. The normalized spacial score (nSPS) is 12.4. The summed E-state index contributed by atoms with van der Waals surface area (Å²) >= 11 is 0. The van der Waals surface area contributed by atoms with E-state index in [-0.39, 0.29) is 24.3 Å². The third-order valence-electron chi connectivity index (χ3n) is 5.13. The zero-order chi connectivity index (χ0) is 23.4. The Kier molecular flexibility index (Phi) is 6.26. The van der Waals surface area contributed by atoms with Crippen molar-refractivity contribution in [1.82, 2.24) is 0 Å². The molecule has 168 valence electrons. The molecule has 0 unspecified atom stereocenters. The van der Waals surface area contributed by atoms with Gasteiger partial charge in [-0.2, -0.15) is 0 Å². The van der Waals surface area contributed by atoms with Crippen LogP contribution in [0.25, 0.3) is 0 Å². The molecule has 3 aromatic rings. The van der Waals surface area contributed by atoms with Crippen molar-refractivity contribution < 1.29 is 23.9 Å². The third kappa shape index (κ3) is 4.64. The molecule has 0 fully saturated rings. The van der Waals surface area contributed by atoms with Crippen LogP contribution < -0.4 is 25.0 Å². The topological polar surface area (TPSA) is 97.0 Å². The smallest absolute Gasteiger partial charge is 0.258 e. The molecule has 0 aromatic heterocycles. The van der Waals surface area contributed by atoms with Gasteiger partial charge in [0.1, 0.15) is 6.54 Å². The minimum absolute atomic E-state index is 0.0616. The Balaban J connectivity index is 1.48. The molecule has 0 radical (unpaired) electrons. The number of carbonyl (C=O) groups is 3. The molecular weight excluding hydrogens is 422 g/mol. The van der Waals surface area contributed by atoms with Gasteiger partial charge in [-0.1, -0.05) is 12.1 Å². The number of hydrogen-bond acceptors (Lipinski definition) is 5. The Morgan fingerprint density at radius 1 is 1.00 bits per heavy atom. The van der Waals surface area contributed by atoms with Gasteiger partial charge >= 0.3 is 0 Å². The lowest BCUT2D eigenvalue weighted by Crippen LogP contribution is -2.42. The highest BCUT2D eigenvalue weighted by atomic mass is 16.5. The van der Waals surface area contributed by atoms with E-state index in [4.69, 9.17) is 9.47 Å². The van der Waals surface area contributed by atoms with Crippen LogP contribution in [0.2, 0.25) is 0 Å². The van der Waals surface area contributed by atoms with Gasteiger partial charge in [-0.25, -0.2) is 0 Å². The molecule has 0 bridgehead atoms. The highest BCUT2D eigenvalue weighted by molar-refractivity contribution is 6.15. The number of rotatable bonds is 6. The number of hydrogen-bond donors (Lipinski definition) is 2. The van der Waals surface area contributed by atoms with Crippen molar-refractivity contribution in [2.75, 3.05) is 35.8 Å². The third-order valence-corrected chi connectivity index (χ3v) is 5.13. The molecule has 3 amide bonds. The van der Waals surface area contributed by atoms with Crippen molar-refractivity contribution >= 4 is 34.8 Å². The van der Waals surface area contributed by atoms with Gasteiger partial charge in [-0.05, 0) is 61.5 Å². The maximum absolute atomic E-state index is 13.1. The summed E-state index contributed by atoms with van der Waals surface area (Å²) in [6.45, 7) is 2.29. The first kappa shape index (κ1) is 21.9. The zero-order valence-corrected chi connectivity index (χ0v) is 18.3. The number of nitrogens with one attached hydrogen (secondary N) is 2. The molecule has 3 aromatic carbocycles. The van der Waals surface area contributed by atoms with Crippen LogP contribution in [0.1, 0.15) is 27.6 Å². The molecule has 4 rings (SSSR count). The predicted molar refractivity (Wildman–Crippen MR) is 125 cm³/mol. The van der Waals surface area contributed by atoms with Gasteiger partial charge in [0.25, 0.3) is 11.8 Å². The molecule has 1 aliphatic heterocycles. The Bertz CT molecular complexity index is 1210. The van der Waals surface area contributed by atoms with E-state index < -0.39 is 0 Å². The van der Waals surface area contributed by atoms with Crippen molar-refractivity contribution in [3.8, 4) is 11.5 Å². The molecule has 1 heterocycles. The van der Waals surface area contributed by atoms with E-state index in [0.29, 0.717) is 46.3 Å². The molecule has 8 nitrogen and oxygen atoms in total. The predicted octanol–water partition coefficient (Wildman–Crippen LogP) is 3.95. The van der Waals surface area contributed by atoms with Gasteiger partial charge in [0.2, 0.25) is 5.91 Å². The van der Waals surface area contributed by atoms with Gasteiger partial charge < -0.3 is 20.1 Å². The van der Waals surface area contributed by atoms with Gasteiger partial charge in [0.05, 0.1) is 25.1 Å². The van der Waals surface area contributed by atoms with E-state index in [1.165, 1.54) is 12.0 Å². The Morgan fingerprint density at radius 3 is 2.45 bits per heavy atom. The average Bonchev–Trinajstić information content (AvgIpc) is 2.84. The van der Waals surface area contributed by atoms with Crippen LogP contribution in [0.4, 0.5) is 17.1 Å². The first-order valence-corrected chi connectivity index (χ1v) is 10.4. The molecule has 1 aliphatic rings. The highest BCUT2D eigenvalue weighted by Gasteiger charge is 2.27. The summed E-state index contributed by atoms with van der Waals surface area (Å²) in [5.41, 5.74) is 2.58. The Morgan fingerprint density at radius 2 is 1.73 bits per heavy atom. The number of amides is 3.